The second-order valence-corrected chi connectivity index (χ2v) is 4.11. The van der Waals surface area contributed by atoms with Crippen LogP contribution in [-0.2, 0) is 0 Å². The maximum Gasteiger partial charge on any atom is 0.139 e. The average molecular weight is 229 g/mol. The molecule has 5 nitrogen and oxygen atoms in total. The van der Waals surface area contributed by atoms with Crippen molar-refractivity contribution in [3.63, 3.8) is 0 Å². The van der Waals surface area contributed by atoms with E-state index in [-0.39, 0.29) is 0 Å². The Hall–Kier alpha value is -1.88. The Labute approximate surface area is 100 Å². The molecule has 1 saturated heterocycles. The lowest BCUT2D eigenvalue weighted by Crippen LogP contribution is -2.51. The summed E-state index contributed by atoms with van der Waals surface area (Å²) in [4.78, 5) is 5.85. The molecular formula is C12H15N5. The molecule has 0 aliphatic carbocycles. The van der Waals surface area contributed by atoms with Crippen molar-refractivity contribution in [1.29, 1.82) is 0 Å². The molecule has 0 saturated carbocycles. The summed E-state index contributed by atoms with van der Waals surface area (Å²) < 4.78 is 0. The summed E-state index contributed by atoms with van der Waals surface area (Å²) in [7, 11) is 0. The van der Waals surface area contributed by atoms with Crippen molar-refractivity contribution in [3.8, 4) is 0 Å². The summed E-state index contributed by atoms with van der Waals surface area (Å²) in [6.45, 7) is 2.84. The number of hydrogen-bond acceptors (Lipinski definition) is 4. The molecule has 1 fully saturated rings. The molecule has 0 amide bonds. The molecule has 0 bridgehead atoms. The quantitative estimate of drug-likeness (QED) is 0.817. The maximum absolute atomic E-state index is 4.22. The maximum atomic E-state index is 4.22. The summed E-state index contributed by atoms with van der Waals surface area (Å²) in [5.74, 6) is 0. The van der Waals surface area contributed by atoms with Crippen LogP contribution in [0, 0.1) is 0 Å². The first-order valence-corrected chi connectivity index (χ1v) is 5.82. The van der Waals surface area contributed by atoms with Crippen LogP contribution >= 0.6 is 0 Å². The molecule has 88 valence electrons. The lowest BCUT2D eigenvalue weighted by Gasteiger charge is -2.37. The molecule has 1 aliphatic rings. The highest BCUT2D eigenvalue weighted by atomic mass is 15.7. The highest BCUT2D eigenvalue weighted by molar-refractivity contribution is 5.23. The van der Waals surface area contributed by atoms with Gasteiger partial charge < -0.3 is 5.32 Å². The SMILES string of the molecule is c1ccc(C2CNCCN2n2cncn2)cc1. The van der Waals surface area contributed by atoms with Gasteiger partial charge in [-0.3, -0.25) is 5.01 Å². The van der Waals surface area contributed by atoms with Gasteiger partial charge in [0.2, 0.25) is 0 Å². The molecule has 2 aromatic rings. The lowest BCUT2D eigenvalue weighted by molar-refractivity contribution is 0.380. The Kier molecular flexibility index (Phi) is 2.75. The minimum absolute atomic E-state index is 0.312. The van der Waals surface area contributed by atoms with Crippen LogP contribution in [0.15, 0.2) is 43.0 Å². The van der Waals surface area contributed by atoms with E-state index >= 15 is 0 Å². The number of piperazine rings is 1. The zero-order valence-corrected chi connectivity index (χ0v) is 9.53. The van der Waals surface area contributed by atoms with Crippen LogP contribution in [0.4, 0.5) is 0 Å². The minimum atomic E-state index is 0.312. The second-order valence-electron chi connectivity index (χ2n) is 4.11. The van der Waals surface area contributed by atoms with Crippen molar-refractivity contribution in [2.45, 2.75) is 6.04 Å². The fourth-order valence-corrected chi connectivity index (χ4v) is 2.24. The Morgan fingerprint density at radius 2 is 2.12 bits per heavy atom. The van der Waals surface area contributed by atoms with Gasteiger partial charge in [-0.1, -0.05) is 30.3 Å². The van der Waals surface area contributed by atoms with Crippen LogP contribution in [0.25, 0.3) is 0 Å². The molecule has 0 spiro atoms. The van der Waals surface area contributed by atoms with Crippen LogP contribution in [0.3, 0.4) is 0 Å². The zero-order chi connectivity index (χ0) is 11.5. The molecule has 1 N–H and O–H groups in total. The number of nitrogens with zero attached hydrogens (tertiary/aromatic N) is 4. The molecule has 1 aliphatic heterocycles. The normalized spacial score (nSPS) is 20.5. The summed E-state index contributed by atoms with van der Waals surface area (Å²) in [6, 6.07) is 10.8. The summed E-state index contributed by atoms with van der Waals surface area (Å²) in [5.41, 5.74) is 1.30. The van der Waals surface area contributed by atoms with Gasteiger partial charge in [0.05, 0.1) is 6.04 Å². The number of aromatic nitrogens is 3. The molecule has 3 rings (SSSR count). The van der Waals surface area contributed by atoms with E-state index in [0.717, 1.165) is 19.6 Å². The highest BCUT2D eigenvalue weighted by Gasteiger charge is 2.24. The van der Waals surface area contributed by atoms with Gasteiger partial charge in [-0.25, -0.2) is 4.98 Å². The van der Waals surface area contributed by atoms with E-state index in [2.05, 4.69) is 44.7 Å². The van der Waals surface area contributed by atoms with Crippen molar-refractivity contribution in [2.24, 2.45) is 0 Å². The molecule has 1 aromatic heterocycles. The first kappa shape index (κ1) is 10.3. The van der Waals surface area contributed by atoms with Crippen LogP contribution in [0.1, 0.15) is 11.6 Å². The van der Waals surface area contributed by atoms with E-state index in [0.29, 0.717) is 6.04 Å². The van der Waals surface area contributed by atoms with E-state index in [9.17, 15) is 0 Å². The fourth-order valence-electron chi connectivity index (χ4n) is 2.24. The largest absolute Gasteiger partial charge is 0.312 e. The van der Waals surface area contributed by atoms with Crippen molar-refractivity contribution in [1.82, 2.24) is 20.2 Å². The topological polar surface area (TPSA) is 46.0 Å². The second kappa shape index (κ2) is 4.55. The first-order valence-electron chi connectivity index (χ1n) is 5.82. The van der Waals surface area contributed by atoms with Gasteiger partial charge in [-0.15, -0.1) is 5.10 Å². The Bertz CT molecular complexity index is 453. The fraction of sp³-hybridized carbons (Fsp3) is 0.333. The molecule has 17 heavy (non-hydrogen) atoms. The monoisotopic (exact) mass is 229 g/mol. The number of benzene rings is 1. The summed E-state index contributed by atoms with van der Waals surface area (Å²) in [5, 5.41) is 9.88. The van der Waals surface area contributed by atoms with Gasteiger partial charge in [-0.2, -0.15) is 4.79 Å². The Morgan fingerprint density at radius 3 is 2.88 bits per heavy atom. The van der Waals surface area contributed by atoms with Gasteiger partial charge in [-0.05, 0) is 5.56 Å². The third-order valence-electron chi connectivity index (χ3n) is 3.07. The minimum Gasteiger partial charge on any atom is -0.312 e. The van der Waals surface area contributed by atoms with Gasteiger partial charge in [0.15, 0.2) is 0 Å². The first-order chi connectivity index (χ1) is 8.45. The van der Waals surface area contributed by atoms with Crippen LogP contribution in [0.2, 0.25) is 0 Å². The number of nitrogens with one attached hydrogen (secondary N) is 1. The predicted molar refractivity (Wildman–Crippen MR) is 65.2 cm³/mol. The standard InChI is InChI=1S/C12H15N5/c1-2-4-11(5-3-1)12-8-13-6-7-16(12)17-10-14-9-15-17/h1-5,9-10,12-13H,6-8H2. The summed E-state index contributed by atoms with van der Waals surface area (Å²) >= 11 is 0. The smallest absolute Gasteiger partial charge is 0.139 e. The molecule has 1 aromatic carbocycles. The van der Waals surface area contributed by atoms with Gasteiger partial charge >= 0.3 is 0 Å². The average Bonchev–Trinajstić information content (AvgIpc) is 2.94. The van der Waals surface area contributed by atoms with E-state index in [1.807, 2.05) is 10.9 Å². The number of hydrogen-bond donors (Lipinski definition) is 1. The molecular weight excluding hydrogens is 214 g/mol. The van der Waals surface area contributed by atoms with Crippen molar-refractivity contribution in [2.75, 3.05) is 24.6 Å². The van der Waals surface area contributed by atoms with Crippen LogP contribution < -0.4 is 10.3 Å². The molecule has 5 heteroatoms. The molecule has 1 atom stereocenters. The van der Waals surface area contributed by atoms with E-state index < -0.39 is 0 Å². The van der Waals surface area contributed by atoms with Crippen LogP contribution in [0.5, 0.6) is 0 Å². The van der Waals surface area contributed by atoms with E-state index in [1.54, 1.807) is 12.7 Å². The molecule has 2 heterocycles. The van der Waals surface area contributed by atoms with E-state index in [4.69, 9.17) is 0 Å². The number of rotatable bonds is 2. The third-order valence-corrected chi connectivity index (χ3v) is 3.07. The van der Waals surface area contributed by atoms with Gasteiger partial charge in [0, 0.05) is 19.6 Å². The third kappa shape index (κ3) is 2.01. The van der Waals surface area contributed by atoms with Crippen molar-refractivity contribution < 1.29 is 0 Å². The Morgan fingerprint density at radius 1 is 1.24 bits per heavy atom. The van der Waals surface area contributed by atoms with Gasteiger partial charge in [0.25, 0.3) is 0 Å². The zero-order valence-electron chi connectivity index (χ0n) is 9.53. The highest BCUT2D eigenvalue weighted by Crippen LogP contribution is 2.19. The predicted octanol–water partition coefficient (Wildman–Crippen LogP) is 0.561. The summed E-state index contributed by atoms with van der Waals surface area (Å²) in [6.07, 6.45) is 3.32. The van der Waals surface area contributed by atoms with Crippen molar-refractivity contribution in [3.05, 3.63) is 48.5 Å². The van der Waals surface area contributed by atoms with Gasteiger partial charge in [0.1, 0.15) is 12.7 Å². The lowest BCUT2D eigenvalue weighted by atomic mass is 10.1. The van der Waals surface area contributed by atoms with Crippen molar-refractivity contribution >= 4 is 0 Å². The van der Waals surface area contributed by atoms with Crippen LogP contribution in [-0.4, -0.2) is 34.5 Å². The van der Waals surface area contributed by atoms with E-state index in [1.165, 1.54) is 5.56 Å². The molecule has 1 unspecified atom stereocenters. The molecule has 0 radical (unpaired) electrons. The Balaban J connectivity index is 1.91.